The summed E-state index contributed by atoms with van der Waals surface area (Å²) in [5.74, 6) is 0.527. The molecule has 0 aliphatic rings. The lowest BCUT2D eigenvalue weighted by molar-refractivity contribution is -0.114. The van der Waals surface area contributed by atoms with E-state index in [1.54, 1.807) is 42.5 Å². The summed E-state index contributed by atoms with van der Waals surface area (Å²) >= 11 is 5.97. The van der Waals surface area contributed by atoms with Gasteiger partial charge < -0.3 is 15.7 Å². The molecule has 3 N–H and O–H groups in total. The molecule has 0 fully saturated rings. The average Bonchev–Trinajstić information content (AvgIpc) is 3.04. The van der Waals surface area contributed by atoms with Gasteiger partial charge >= 0.3 is 0 Å². The van der Waals surface area contributed by atoms with Crippen molar-refractivity contribution < 1.29 is 9.90 Å². The first-order valence-corrected chi connectivity index (χ1v) is 9.45. The van der Waals surface area contributed by atoms with Gasteiger partial charge in [-0.25, -0.2) is 4.98 Å². The summed E-state index contributed by atoms with van der Waals surface area (Å²) in [4.78, 5) is 17.1. The van der Waals surface area contributed by atoms with Gasteiger partial charge in [-0.2, -0.15) is 0 Å². The zero-order valence-electron chi connectivity index (χ0n) is 15.7. The molecule has 4 aromatic rings. The zero-order chi connectivity index (χ0) is 20.4. The Morgan fingerprint density at radius 2 is 1.97 bits per heavy atom. The molecule has 0 unspecified atom stereocenters. The molecule has 29 heavy (non-hydrogen) atoms. The van der Waals surface area contributed by atoms with Crippen LogP contribution < -0.4 is 10.6 Å². The number of hydrogen-bond acceptors (Lipinski definition) is 4. The van der Waals surface area contributed by atoms with Gasteiger partial charge in [0.25, 0.3) is 0 Å². The number of carbonyl (C=O) groups is 1. The van der Waals surface area contributed by atoms with Crippen molar-refractivity contribution in [3.8, 4) is 17.0 Å². The third-order valence-electron chi connectivity index (χ3n) is 4.47. The summed E-state index contributed by atoms with van der Waals surface area (Å²) in [6, 6.07) is 17.9. The Bertz CT molecular complexity index is 1200. The van der Waals surface area contributed by atoms with Crippen molar-refractivity contribution in [3.63, 3.8) is 0 Å². The lowest BCUT2D eigenvalue weighted by Gasteiger charge is -2.10. The number of aryl methyl sites for hydroxylation is 1. The van der Waals surface area contributed by atoms with E-state index in [2.05, 4.69) is 15.6 Å². The van der Waals surface area contributed by atoms with Crippen molar-refractivity contribution in [2.24, 2.45) is 0 Å². The molecule has 0 radical (unpaired) electrons. The molecule has 0 aliphatic carbocycles. The number of carbonyl (C=O) groups excluding carboxylic acids is 1. The maximum atomic E-state index is 12.4. The van der Waals surface area contributed by atoms with Crippen LogP contribution >= 0.6 is 11.6 Å². The monoisotopic (exact) mass is 406 g/mol. The van der Waals surface area contributed by atoms with Gasteiger partial charge in [0, 0.05) is 22.5 Å². The third-order valence-corrected chi connectivity index (χ3v) is 4.70. The van der Waals surface area contributed by atoms with Gasteiger partial charge in [0.05, 0.1) is 6.54 Å². The molecule has 146 valence electrons. The Labute approximate surface area is 172 Å². The molecule has 2 heterocycles. The van der Waals surface area contributed by atoms with Gasteiger partial charge in [0.2, 0.25) is 5.91 Å². The number of pyridine rings is 1. The molecular formula is C22H19ClN4O2. The number of phenols is 1. The van der Waals surface area contributed by atoms with Crippen LogP contribution in [0.5, 0.6) is 5.75 Å². The fraction of sp³-hybridized carbons (Fsp3) is 0.0909. The van der Waals surface area contributed by atoms with Crippen LogP contribution in [0.4, 0.5) is 11.5 Å². The van der Waals surface area contributed by atoms with E-state index >= 15 is 0 Å². The van der Waals surface area contributed by atoms with Crippen LogP contribution in [0.15, 0.2) is 66.9 Å². The van der Waals surface area contributed by atoms with E-state index in [0.717, 1.165) is 11.2 Å². The van der Waals surface area contributed by atoms with E-state index in [-0.39, 0.29) is 18.2 Å². The average molecular weight is 407 g/mol. The SMILES string of the molecule is Cc1ccn2c(NCC(=O)Nc3cccc(Cl)c3)c(-c3ccccc3O)nc2c1. The summed E-state index contributed by atoms with van der Waals surface area (Å²) < 4.78 is 1.86. The number of phenolic OH excluding ortho intramolecular Hbond substituents is 1. The Morgan fingerprint density at radius 3 is 2.76 bits per heavy atom. The number of fused-ring (bicyclic) bond motifs is 1. The highest BCUT2D eigenvalue weighted by Crippen LogP contribution is 2.34. The number of nitrogens with zero attached hydrogens (tertiary/aromatic N) is 2. The van der Waals surface area contributed by atoms with E-state index in [1.807, 2.05) is 35.7 Å². The Kier molecular flexibility index (Phi) is 5.10. The molecule has 0 bridgehead atoms. The van der Waals surface area contributed by atoms with Gasteiger partial charge in [-0.3, -0.25) is 9.20 Å². The maximum absolute atomic E-state index is 12.4. The van der Waals surface area contributed by atoms with E-state index in [1.165, 1.54) is 0 Å². The highest BCUT2D eigenvalue weighted by Gasteiger charge is 2.17. The standard InChI is InChI=1S/C22H19ClN4O2/c1-14-9-10-27-19(11-14)26-21(17-7-2-3-8-18(17)28)22(27)24-13-20(29)25-16-6-4-5-15(23)12-16/h2-12,24,28H,13H2,1H3,(H,25,29). The van der Waals surface area contributed by atoms with Gasteiger partial charge in [0.15, 0.2) is 0 Å². The number of para-hydroxylation sites is 1. The van der Waals surface area contributed by atoms with Crippen LogP contribution in [-0.2, 0) is 4.79 Å². The Balaban J connectivity index is 1.64. The first-order chi connectivity index (χ1) is 14.0. The molecule has 0 spiro atoms. The van der Waals surface area contributed by atoms with Gasteiger partial charge in [0.1, 0.15) is 22.9 Å². The summed E-state index contributed by atoms with van der Waals surface area (Å²) in [6.07, 6.45) is 1.89. The molecule has 4 rings (SSSR count). The number of aromatic hydroxyl groups is 1. The number of anilines is 2. The van der Waals surface area contributed by atoms with E-state index < -0.39 is 0 Å². The predicted molar refractivity (Wildman–Crippen MR) is 116 cm³/mol. The van der Waals surface area contributed by atoms with Crippen molar-refractivity contribution in [1.29, 1.82) is 0 Å². The van der Waals surface area contributed by atoms with E-state index in [9.17, 15) is 9.90 Å². The topological polar surface area (TPSA) is 78.7 Å². The third kappa shape index (κ3) is 4.02. The summed E-state index contributed by atoms with van der Waals surface area (Å²) in [5, 5.41) is 16.8. The second-order valence-electron chi connectivity index (χ2n) is 6.67. The van der Waals surface area contributed by atoms with Crippen molar-refractivity contribution in [1.82, 2.24) is 9.38 Å². The number of imidazole rings is 1. The molecule has 7 heteroatoms. The molecule has 2 aromatic heterocycles. The largest absolute Gasteiger partial charge is 0.507 e. The number of hydrogen-bond donors (Lipinski definition) is 3. The second kappa shape index (κ2) is 7.85. The number of rotatable bonds is 5. The number of amides is 1. The normalized spacial score (nSPS) is 10.8. The van der Waals surface area contributed by atoms with Gasteiger partial charge in [-0.1, -0.05) is 29.8 Å². The Hall–Kier alpha value is -3.51. The maximum Gasteiger partial charge on any atom is 0.243 e. The second-order valence-corrected chi connectivity index (χ2v) is 7.11. The number of halogens is 1. The lowest BCUT2D eigenvalue weighted by atomic mass is 10.1. The lowest BCUT2D eigenvalue weighted by Crippen LogP contribution is -2.22. The van der Waals surface area contributed by atoms with Crippen molar-refractivity contribution in [2.75, 3.05) is 17.2 Å². The van der Waals surface area contributed by atoms with Gasteiger partial charge in [-0.15, -0.1) is 0 Å². The quantitative estimate of drug-likeness (QED) is 0.448. The van der Waals surface area contributed by atoms with Crippen LogP contribution in [-0.4, -0.2) is 26.9 Å². The predicted octanol–water partition coefficient (Wildman–Crippen LogP) is 4.72. The van der Waals surface area contributed by atoms with Crippen molar-refractivity contribution >= 4 is 34.7 Å². The molecule has 0 saturated heterocycles. The number of aromatic nitrogens is 2. The molecule has 0 atom stereocenters. The number of benzene rings is 2. The summed E-state index contributed by atoms with van der Waals surface area (Å²) in [5.41, 5.74) is 3.58. The molecule has 1 amide bonds. The number of nitrogens with one attached hydrogen (secondary N) is 2. The first-order valence-electron chi connectivity index (χ1n) is 9.07. The molecule has 2 aromatic carbocycles. The van der Waals surface area contributed by atoms with Crippen LogP contribution in [0.1, 0.15) is 5.56 Å². The minimum Gasteiger partial charge on any atom is -0.507 e. The van der Waals surface area contributed by atoms with Crippen molar-refractivity contribution in [2.45, 2.75) is 6.92 Å². The summed E-state index contributed by atoms with van der Waals surface area (Å²) in [6.45, 7) is 2.01. The van der Waals surface area contributed by atoms with Crippen LogP contribution in [0.25, 0.3) is 16.9 Å². The molecule has 0 aliphatic heterocycles. The van der Waals surface area contributed by atoms with Crippen molar-refractivity contribution in [3.05, 3.63) is 77.4 Å². The fourth-order valence-electron chi connectivity index (χ4n) is 3.11. The van der Waals surface area contributed by atoms with Crippen LogP contribution in [0.3, 0.4) is 0 Å². The highest BCUT2D eigenvalue weighted by molar-refractivity contribution is 6.30. The Morgan fingerprint density at radius 1 is 1.14 bits per heavy atom. The van der Waals surface area contributed by atoms with Crippen LogP contribution in [0, 0.1) is 6.92 Å². The minimum atomic E-state index is -0.224. The van der Waals surface area contributed by atoms with Gasteiger partial charge in [-0.05, 0) is 55.0 Å². The minimum absolute atomic E-state index is 0.0226. The van der Waals surface area contributed by atoms with E-state index in [0.29, 0.717) is 27.8 Å². The molecule has 6 nitrogen and oxygen atoms in total. The van der Waals surface area contributed by atoms with E-state index in [4.69, 9.17) is 11.6 Å². The fourth-order valence-corrected chi connectivity index (χ4v) is 3.30. The first kappa shape index (κ1) is 18.8. The molecular weight excluding hydrogens is 388 g/mol. The smallest absolute Gasteiger partial charge is 0.243 e. The molecule has 0 saturated carbocycles. The zero-order valence-corrected chi connectivity index (χ0v) is 16.4. The summed E-state index contributed by atoms with van der Waals surface area (Å²) in [7, 11) is 0. The highest BCUT2D eigenvalue weighted by atomic mass is 35.5. The van der Waals surface area contributed by atoms with Crippen LogP contribution in [0.2, 0.25) is 5.02 Å².